The molecule has 0 spiro atoms. The summed E-state index contributed by atoms with van der Waals surface area (Å²) < 4.78 is 46.2. The molecule has 0 aromatic rings. The summed E-state index contributed by atoms with van der Waals surface area (Å²) in [5.74, 6) is -2.57. The summed E-state index contributed by atoms with van der Waals surface area (Å²) >= 11 is 8.45. The summed E-state index contributed by atoms with van der Waals surface area (Å²) in [6.07, 6.45) is -5.19. The second kappa shape index (κ2) is 3.89. The summed E-state index contributed by atoms with van der Waals surface area (Å²) in [6, 6.07) is 0. The SMILES string of the molecule is O=C(OSC(F)(Cl)Cl)C(F)(F)F. The largest absolute Gasteiger partial charge is 0.492 e. The molecule has 0 rings (SSSR count). The molecular formula is C3Cl2F4O2S. The first-order valence-electron chi connectivity index (χ1n) is 2.16. The van der Waals surface area contributed by atoms with Gasteiger partial charge in [0.25, 0.3) is 0 Å². The van der Waals surface area contributed by atoms with Crippen LogP contribution < -0.4 is 0 Å². The zero-order valence-electron chi connectivity index (χ0n) is 4.99. The van der Waals surface area contributed by atoms with Crippen LogP contribution >= 0.6 is 35.2 Å². The molecule has 0 N–H and O–H groups in total. The Morgan fingerprint density at radius 1 is 1.25 bits per heavy atom. The van der Waals surface area contributed by atoms with Crippen LogP contribution in [0.1, 0.15) is 0 Å². The number of carbonyl (C=O) groups is 1. The molecule has 0 heterocycles. The van der Waals surface area contributed by atoms with Crippen molar-refractivity contribution >= 4 is 41.2 Å². The Kier molecular flexibility index (Phi) is 3.92. The summed E-state index contributed by atoms with van der Waals surface area (Å²) in [5.41, 5.74) is 0. The lowest BCUT2D eigenvalue weighted by molar-refractivity contribution is -0.188. The highest BCUT2D eigenvalue weighted by Gasteiger charge is 2.43. The monoisotopic (exact) mass is 246 g/mol. The summed E-state index contributed by atoms with van der Waals surface area (Å²) in [4.78, 5) is 9.86. The van der Waals surface area contributed by atoms with Crippen molar-refractivity contribution < 1.29 is 26.5 Å². The molecule has 0 atom stereocenters. The number of rotatable bonds is 2. The maximum absolute atomic E-state index is 12.0. The summed E-state index contributed by atoms with van der Waals surface area (Å²) in [6.45, 7) is 0. The molecule has 2 nitrogen and oxygen atoms in total. The van der Waals surface area contributed by atoms with Gasteiger partial charge in [-0.3, -0.25) is 0 Å². The van der Waals surface area contributed by atoms with Crippen LogP contribution in [0.4, 0.5) is 17.6 Å². The lowest BCUT2D eigenvalue weighted by atomic mass is 10.7. The second-order valence-corrected chi connectivity index (χ2v) is 3.98. The maximum Gasteiger partial charge on any atom is 0.492 e. The highest BCUT2D eigenvalue weighted by atomic mass is 35.5. The number of hydrogen-bond donors (Lipinski definition) is 0. The van der Waals surface area contributed by atoms with Gasteiger partial charge in [0.2, 0.25) is 0 Å². The third kappa shape index (κ3) is 5.73. The van der Waals surface area contributed by atoms with E-state index in [4.69, 9.17) is 0 Å². The van der Waals surface area contributed by atoms with Gasteiger partial charge >= 0.3 is 16.1 Å². The van der Waals surface area contributed by atoms with Gasteiger partial charge in [0.05, 0.1) is 0 Å². The van der Waals surface area contributed by atoms with Crippen molar-refractivity contribution in [1.82, 2.24) is 0 Å². The molecule has 0 saturated carbocycles. The molecule has 12 heavy (non-hydrogen) atoms. The normalized spacial score (nSPS) is 12.8. The van der Waals surface area contributed by atoms with Gasteiger partial charge in [0.15, 0.2) is 0 Å². The van der Waals surface area contributed by atoms with Crippen molar-refractivity contribution in [1.29, 1.82) is 0 Å². The molecule has 0 aromatic heterocycles. The Hall–Kier alpha value is 0.120. The van der Waals surface area contributed by atoms with Gasteiger partial charge in [-0.05, 0) is 0 Å². The molecule has 0 unspecified atom stereocenters. The lowest BCUT2D eigenvalue weighted by Crippen LogP contribution is -2.24. The number of carbonyl (C=O) groups excluding carboxylic acids is 1. The average Bonchev–Trinajstić information content (AvgIpc) is 1.78. The van der Waals surface area contributed by atoms with E-state index >= 15 is 0 Å². The van der Waals surface area contributed by atoms with Crippen LogP contribution in [0.25, 0.3) is 0 Å². The van der Waals surface area contributed by atoms with Gasteiger partial charge in [-0.25, -0.2) is 4.79 Å². The molecule has 0 aromatic carbocycles. The Labute approximate surface area is 78.3 Å². The van der Waals surface area contributed by atoms with Crippen molar-refractivity contribution in [3.05, 3.63) is 0 Å². The highest BCUT2D eigenvalue weighted by molar-refractivity contribution is 7.98. The molecule has 0 saturated heterocycles. The number of alkyl halides is 6. The first kappa shape index (κ1) is 12.1. The van der Waals surface area contributed by atoms with Gasteiger partial charge in [0, 0.05) is 0 Å². The minimum Gasteiger partial charge on any atom is -0.379 e. The van der Waals surface area contributed by atoms with E-state index in [2.05, 4.69) is 27.4 Å². The fourth-order valence-electron chi connectivity index (χ4n) is 0.132. The molecule has 0 aliphatic rings. The standard InChI is InChI=1S/C3Cl2F4O2S/c4-3(5,9)12-11-1(10)2(6,7)8. The van der Waals surface area contributed by atoms with E-state index in [-0.39, 0.29) is 0 Å². The molecule has 0 fully saturated rings. The fraction of sp³-hybridized carbons (Fsp3) is 0.667. The van der Waals surface area contributed by atoms with Crippen LogP contribution in [-0.2, 0) is 8.98 Å². The van der Waals surface area contributed by atoms with E-state index < -0.39 is 28.1 Å². The molecule has 0 bridgehead atoms. The maximum atomic E-state index is 12.0. The third-order valence-electron chi connectivity index (χ3n) is 0.443. The summed E-state index contributed by atoms with van der Waals surface area (Å²) in [7, 11) is 0. The van der Waals surface area contributed by atoms with Gasteiger partial charge in [0.1, 0.15) is 12.0 Å². The molecule has 72 valence electrons. The van der Waals surface area contributed by atoms with E-state index in [0.717, 1.165) is 0 Å². The van der Waals surface area contributed by atoms with Crippen molar-refractivity contribution in [2.75, 3.05) is 0 Å². The predicted octanol–water partition coefficient (Wildman–Crippen LogP) is 2.80. The minimum absolute atomic E-state index is 0.637. The van der Waals surface area contributed by atoms with Gasteiger partial charge in [-0.15, -0.1) is 0 Å². The van der Waals surface area contributed by atoms with E-state index in [1.807, 2.05) is 0 Å². The van der Waals surface area contributed by atoms with Crippen LogP contribution in [0.3, 0.4) is 0 Å². The van der Waals surface area contributed by atoms with Crippen LogP contribution in [0.2, 0.25) is 0 Å². The van der Waals surface area contributed by atoms with Crippen LogP contribution in [-0.4, -0.2) is 16.1 Å². The smallest absolute Gasteiger partial charge is 0.379 e. The first-order chi connectivity index (χ1) is 5.13. The summed E-state index contributed by atoms with van der Waals surface area (Å²) in [5, 5.41) is 0. The van der Waals surface area contributed by atoms with Crippen molar-refractivity contribution in [3.63, 3.8) is 0 Å². The van der Waals surface area contributed by atoms with Crippen molar-refractivity contribution in [3.8, 4) is 0 Å². The van der Waals surface area contributed by atoms with E-state index in [1.165, 1.54) is 0 Å². The minimum atomic E-state index is -5.19. The number of hydrogen-bond acceptors (Lipinski definition) is 3. The molecular weight excluding hydrogens is 247 g/mol. The van der Waals surface area contributed by atoms with Crippen LogP contribution in [0.5, 0.6) is 0 Å². The Bertz CT molecular complexity index is 176. The average molecular weight is 247 g/mol. The van der Waals surface area contributed by atoms with Gasteiger partial charge in [-0.1, -0.05) is 23.2 Å². The molecule has 0 aliphatic carbocycles. The van der Waals surface area contributed by atoms with Gasteiger partial charge < -0.3 is 4.18 Å². The molecule has 0 aliphatic heterocycles. The van der Waals surface area contributed by atoms with Crippen molar-refractivity contribution in [2.45, 2.75) is 10.1 Å². The van der Waals surface area contributed by atoms with Crippen LogP contribution in [0.15, 0.2) is 0 Å². The Balaban J connectivity index is 3.90. The Morgan fingerprint density at radius 3 is 1.92 bits per heavy atom. The van der Waals surface area contributed by atoms with E-state index in [1.54, 1.807) is 0 Å². The molecule has 0 radical (unpaired) electrons. The zero-order chi connectivity index (χ0) is 9.99. The topological polar surface area (TPSA) is 26.3 Å². The van der Waals surface area contributed by atoms with Crippen molar-refractivity contribution in [2.24, 2.45) is 0 Å². The third-order valence-corrected chi connectivity index (χ3v) is 1.24. The second-order valence-electron chi connectivity index (χ2n) is 1.40. The molecule has 0 amide bonds. The Morgan fingerprint density at radius 2 is 1.67 bits per heavy atom. The predicted molar refractivity (Wildman–Crippen MR) is 35.3 cm³/mol. The van der Waals surface area contributed by atoms with Crippen LogP contribution in [0, 0.1) is 0 Å². The highest BCUT2D eigenvalue weighted by Crippen LogP contribution is 2.37. The molecule has 9 heteroatoms. The van der Waals surface area contributed by atoms with E-state index in [0.29, 0.717) is 0 Å². The lowest BCUT2D eigenvalue weighted by Gasteiger charge is -2.08. The zero-order valence-corrected chi connectivity index (χ0v) is 7.32. The first-order valence-corrected chi connectivity index (χ1v) is 3.66. The fourth-order valence-corrected chi connectivity index (χ4v) is 0.586. The van der Waals surface area contributed by atoms with E-state index in [9.17, 15) is 22.4 Å². The van der Waals surface area contributed by atoms with Gasteiger partial charge in [-0.2, -0.15) is 17.6 Å². The number of halogens is 6. The quantitative estimate of drug-likeness (QED) is 0.426.